The van der Waals surface area contributed by atoms with Crippen LogP contribution < -0.4 is 10.2 Å². The molecule has 0 atom stereocenters. The molecule has 0 unspecified atom stereocenters. The second kappa shape index (κ2) is 10.8. The van der Waals surface area contributed by atoms with Gasteiger partial charge in [-0.1, -0.05) is 38.0 Å². The fourth-order valence-corrected chi connectivity index (χ4v) is 2.90. The van der Waals surface area contributed by atoms with E-state index in [9.17, 15) is 19.7 Å². The van der Waals surface area contributed by atoms with Gasteiger partial charge in [0.2, 0.25) is 0 Å². The molecule has 0 aliphatic carbocycles. The number of amides is 2. The van der Waals surface area contributed by atoms with Crippen molar-refractivity contribution in [3.05, 3.63) is 64.2 Å². The maximum Gasteiger partial charge on any atom is 0.328 e. The van der Waals surface area contributed by atoms with Crippen LogP contribution in [0.4, 0.5) is 16.2 Å². The summed E-state index contributed by atoms with van der Waals surface area (Å²) in [6.45, 7) is 2.68. The molecule has 2 aromatic carbocycles. The van der Waals surface area contributed by atoms with Crippen LogP contribution in [0.25, 0.3) is 17.2 Å². The van der Waals surface area contributed by atoms with Gasteiger partial charge in [-0.15, -0.1) is 0 Å². The third kappa shape index (κ3) is 6.16. The minimum atomic E-state index is -1.13. The minimum Gasteiger partial charge on any atom is -0.478 e. The SMILES string of the molecule is CCCCCNC(=O)N(C)c1cccc(-c2ccc(/C=C/C(=O)O)cc2[N+](=O)[O-])c1. The van der Waals surface area contributed by atoms with Gasteiger partial charge in [-0.25, -0.2) is 9.59 Å². The molecule has 2 amide bonds. The molecule has 2 rings (SSSR count). The smallest absolute Gasteiger partial charge is 0.328 e. The number of carboxylic acids is 1. The number of anilines is 1. The molecule has 0 saturated heterocycles. The zero-order valence-electron chi connectivity index (χ0n) is 17.0. The number of hydrogen-bond donors (Lipinski definition) is 2. The Hall–Kier alpha value is -3.68. The molecule has 0 heterocycles. The van der Waals surface area contributed by atoms with Crippen LogP contribution in [-0.2, 0) is 4.79 Å². The molecule has 8 nitrogen and oxygen atoms in total. The van der Waals surface area contributed by atoms with Gasteiger partial charge in [-0.3, -0.25) is 15.0 Å². The van der Waals surface area contributed by atoms with Crippen molar-refractivity contribution in [1.29, 1.82) is 0 Å². The van der Waals surface area contributed by atoms with Gasteiger partial charge in [0, 0.05) is 31.4 Å². The summed E-state index contributed by atoms with van der Waals surface area (Å²) in [6, 6.07) is 11.2. The van der Waals surface area contributed by atoms with Gasteiger partial charge in [0.1, 0.15) is 0 Å². The highest BCUT2D eigenvalue weighted by Gasteiger charge is 2.17. The third-order valence-corrected chi connectivity index (χ3v) is 4.54. The molecule has 0 aliphatic rings. The van der Waals surface area contributed by atoms with Crippen LogP contribution in [0.15, 0.2) is 48.5 Å². The van der Waals surface area contributed by atoms with E-state index in [1.165, 1.54) is 17.0 Å². The second-order valence-electron chi connectivity index (χ2n) is 6.75. The number of unbranched alkanes of at least 4 members (excludes halogenated alkanes) is 2. The number of carbonyl (C=O) groups is 2. The number of rotatable bonds is 9. The Bertz CT molecular complexity index is 956. The van der Waals surface area contributed by atoms with Gasteiger partial charge in [-0.05, 0) is 41.8 Å². The maximum atomic E-state index is 12.4. The van der Waals surface area contributed by atoms with E-state index in [4.69, 9.17) is 5.11 Å². The first-order valence-corrected chi connectivity index (χ1v) is 9.65. The number of urea groups is 1. The summed E-state index contributed by atoms with van der Waals surface area (Å²) in [6.07, 6.45) is 5.24. The van der Waals surface area contributed by atoms with Crippen LogP contribution in [0.3, 0.4) is 0 Å². The number of benzene rings is 2. The number of nitro benzene ring substituents is 1. The number of nitro groups is 1. The van der Waals surface area contributed by atoms with Crippen LogP contribution in [-0.4, -0.2) is 35.6 Å². The summed E-state index contributed by atoms with van der Waals surface area (Å²) in [5.41, 5.74) is 1.83. The standard InChI is InChI=1S/C22H25N3O5/c1-3-4-5-13-23-22(28)24(2)18-8-6-7-17(15-18)19-11-9-16(10-12-21(26)27)14-20(19)25(29)30/h6-12,14-15H,3-5,13H2,1-2H3,(H,23,28)(H,26,27)/b12-10+. The number of aliphatic carboxylic acids is 1. The fraction of sp³-hybridized carbons (Fsp3) is 0.273. The summed E-state index contributed by atoms with van der Waals surface area (Å²) in [5.74, 6) is -1.13. The van der Waals surface area contributed by atoms with Crippen molar-refractivity contribution in [2.24, 2.45) is 0 Å². The minimum absolute atomic E-state index is 0.147. The lowest BCUT2D eigenvalue weighted by Crippen LogP contribution is -2.37. The van der Waals surface area contributed by atoms with Crippen LogP contribution in [0, 0.1) is 10.1 Å². The Kier molecular flexibility index (Phi) is 8.10. The molecule has 8 heteroatoms. The highest BCUT2D eigenvalue weighted by Crippen LogP contribution is 2.33. The van der Waals surface area contributed by atoms with Crippen LogP contribution in [0.2, 0.25) is 0 Å². The van der Waals surface area contributed by atoms with Gasteiger partial charge >= 0.3 is 12.0 Å². The number of nitrogens with zero attached hydrogens (tertiary/aromatic N) is 2. The average Bonchev–Trinajstić information content (AvgIpc) is 2.74. The van der Waals surface area contributed by atoms with Crippen molar-refractivity contribution in [2.45, 2.75) is 26.2 Å². The predicted octanol–water partition coefficient (Wildman–Crippen LogP) is 4.70. The Balaban J connectivity index is 2.29. The van der Waals surface area contributed by atoms with Gasteiger partial charge < -0.3 is 10.4 Å². The topological polar surface area (TPSA) is 113 Å². The number of hydrogen-bond acceptors (Lipinski definition) is 4. The third-order valence-electron chi connectivity index (χ3n) is 4.54. The van der Waals surface area contributed by atoms with Crippen molar-refractivity contribution >= 4 is 29.5 Å². The normalized spacial score (nSPS) is 10.7. The first-order chi connectivity index (χ1) is 14.3. The fourth-order valence-electron chi connectivity index (χ4n) is 2.90. The first kappa shape index (κ1) is 22.6. The summed E-state index contributed by atoms with van der Waals surface area (Å²) in [7, 11) is 1.64. The van der Waals surface area contributed by atoms with E-state index in [-0.39, 0.29) is 11.7 Å². The Labute approximate surface area is 175 Å². The molecular formula is C22H25N3O5. The lowest BCUT2D eigenvalue weighted by Gasteiger charge is -2.19. The highest BCUT2D eigenvalue weighted by molar-refractivity contribution is 5.92. The van der Waals surface area contributed by atoms with Crippen molar-refractivity contribution < 1.29 is 19.6 Å². The number of carboxylic acid groups (broad SMARTS) is 1. The molecule has 2 aromatic rings. The van der Waals surface area contributed by atoms with Gasteiger partial charge in [0.05, 0.1) is 10.5 Å². The monoisotopic (exact) mass is 411 g/mol. The number of nitrogens with one attached hydrogen (secondary N) is 1. The quantitative estimate of drug-likeness (QED) is 0.269. The van der Waals surface area contributed by atoms with E-state index in [2.05, 4.69) is 12.2 Å². The number of carbonyl (C=O) groups excluding carboxylic acids is 1. The molecule has 158 valence electrons. The average molecular weight is 411 g/mol. The molecule has 0 fully saturated rings. The molecule has 0 radical (unpaired) electrons. The van der Waals surface area contributed by atoms with Crippen molar-refractivity contribution in [1.82, 2.24) is 5.32 Å². The molecule has 2 N–H and O–H groups in total. The molecular weight excluding hydrogens is 386 g/mol. The Morgan fingerprint density at radius 2 is 1.97 bits per heavy atom. The van der Waals surface area contributed by atoms with E-state index in [0.717, 1.165) is 25.3 Å². The lowest BCUT2D eigenvalue weighted by molar-refractivity contribution is -0.384. The second-order valence-corrected chi connectivity index (χ2v) is 6.75. The van der Waals surface area contributed by atoms with E-state index >= 15 is 0 Å². The van der Waals surface area contributed by atoms with Crippen molar-refractivity contribution in [3.63, 3.8) is 0 Å². The molecule has 0 aromatic heterocycles. The molecule has 0 spiro atoms. The predicted molar refractivity (Wildman–Crippen MR) is 117 cm³/mol. The van der Waals surface area contributed by atoms with Crippen molar-refractivity contribution in [3.8, 4) is 11.1 Å². The van der Waals surface area contributed by atoms with E-state index in [1.54, 1.807) is 43.4 Å². The van der Waals surface area contributed by atoms with E-state index in [1.807, 2.05) is 0 Å². The molecule has 0 aliphatic heterocycles. The summed E-state index contributed by atoms with van der Waals surface area (Å²) in [5, 5.41) is 23.2. The zero-order valence-corrected chi connectivity index (χ0v) is 17.0. The van der Waals surface area contributed by atoms with Gasteiger partial charge in [0.25, 0.3) is 5.69 Å². The summed E-state index contributed by atoms with van der Waals surface area (Å²) in [4.78, 5) is 35.6. The van der Waals surface area contributed by atoms with Gasteiger partial charge in [0.15, 0.2) is 0 Å². The molecule has 0 saturated carbocycles. The zero-order chi connectivity index (χ0) is 22.1. The molecule has 30 heavy (non-hydrogen) atoms. The van der Waals surface area contributed by atoms with E-state index < -0.39 is 10.9 Å². The largest absolute Gasteiger partial charge is 0.478 e. The maximum absolute atomic E-state index is 12.4. The van der Waals surface area contributed by atoms with Crippen LogP contribution in [0.1, 0.15) is 31.7 Å². The Morgan fingerprint density at radius 1 is 1.20 bits per heavy atom. The van der Waals surface area contributed by atoms with Crippen molar-refractivity contribution in [2.75, 3.05) is 18.5 Å². The Morgan fingerprint density at radius 3 is 2.63 bits per heavy atom. The lowest BCUT2D eigenvalue weighted by atomic mass is 10.0. The summed E-state index contributed by atoms with van der Waals surface area (Å²) >= 11 is 0. The highest BCUT2D eigenvalue weighted by atomic mass is 16.6. The first-order valence-electron chi connectivity index (χ1n) is 9.65. The van der Waals surface area contributed by atoms with Gasteiger partial charge in [-0.2, -0.15) is 0 Å². The summed E-state index contributed by atoms with van der Waals surface area (Å²) < 4.78 is 0. The van der Waals surface area contributed by atoms with E-state index in [0.29, 0.717) is 28.9 Å². The van der Waals surface area contributed by atoms with Crippen LogP contribution >= 0.6 is 0 Å². The van der Waals surface area contributed by atoms with Crippen LogP contribution in [0.5, 0.6) is 0 Å². The molecule has 0 bridgehead atoms.